The molecular formula is C28H26ClN5O2. The van der Waals surface area contributed by atoms with E-state index in [0.29, 0.717) is 23.6 Å². The number of pyridine rings is 1. The number of nitrogens with zero attached hydrogens (tertiary/aromatic N) is 4. The Morgan fingerprint density at radius 3 is 2.64 bits per heavy atom. The third kappa shape index (κ3) is 3.57. The highest BCUT2D eigenvalue weighted by molar-refractivity contribution is 6.32. The number of aromatic nitrogens is 3. The first kappa shape index (κ1) is 22.7. The lowest BCUT2D eigenvalue weighted by Gasteiger charge is -2.43. The zero-order valence-electron chi connectivity index (χ0n) is 20.1. The Balaban J connectivity index is 1.31. The molecule has 8 heteroatoms. The molecule has 2 aromatic carbocycles. The second kappa shape index (κ2) is 8.75. The first-order valence-corrected chi connectivity index (χ1v) is 12.6. The van der Waals surface area contributed by atoms with E-state index >= 15 is 0 Å². The third-order valence-electron chi connectivity index (χ3n) is 7.77. The van der Waals surface area contributed by atoms with Crippen molar-refractivity contribution in [1.29, 1.82) is 0 Å². The summed E-state index contributed by atoms with van der Waals surface area (Å²) in [6.07, 6.45) is 7.33. The molecule has 3 amide bonds. The number of amides is 3. The molecule has 1 aliphatic carbocycles. The van der Waals surface area contributed by atoms with Gasteiger partial charge in [0.05, 0.1) is 24.0 Å². The Labute approximate surface area is 214 Å². The van der Waals surface area contributed by atoms with Gasteiger partial charge in [-0.3, -0.25) is 14.5 Å². The normalized spacial score (nSPS) is 22.0. The Kier molecular flexibility index (Phi) is 5.52. The molecule has 3 heterocycles. The number of benzene rings is 2. The van der Waals surface area contributed by atoms with E-state index in [0.717, 1.165) is 39.6 Å². The first-order valence-electron chi connectivity index (χ1n) is 12.2. The quantitative estimate of drug-likeness (QED) is 0.397. The predicted octanol–water partition coefficient (Wildman–Crippen LogP) is 5.61. The highest BCUT2D eigenvalue weighted by Gasteiger charge is 2.46. The van der Waals surface area contributed by atoms with Gasteiger partial charge in [0.15, 0.2) is 0 Å². The van der Waals surface area contributed by atoms with Gasteiger partial charge in [-0.05, 0) is 49.3 Å². The molecule has 3 atom stereocenters. The molecule has 0 bridgehead atoms. The molecule has 1 N–H and O–H groups in total. The zero-order chi connectivity index (χ0) is 25.0. The van der Waals surface area contributed by atoms with Gasteiger partial charge in [0, 0.05) is 46.3 Å². The maximum absolute atomic E-state index is 13.7. The van der Waals surface area contributed by atoms with Gasteiger partial charge >= 0.3 is 6.03 Å². The summed E-state index contributed by atoms with van der Waals surface area (Å²) in [6.45, 7) is 2.04. The van der Waals surface area contributed by atoms with E-state index in [1.807, 2.05) is 61.2 Å². The van der Waals surface area contributed by atoms with Crippen LogP contribution in [0.1, 0.15) is 36.4 Å². The van der Waals surface area contributed by atoms with Crippen LogP contribution in [0.3, 0.4) is 0 Å². The van der Waals surface area contributed by atoms with Crippen molar-refractivity contribution in [3.8, 4) is 11.1 Å². The summed E-state index contributed by atoms with van der Waals surface area (Å²) in [5, 5.41) is 9.97. The number of fused-ring (bicyclic) bond motifs is 2. The van der Waals surface area contributed by atoms with Crippen molar-refractivity contribution >= 4 is 40.0 Å². The number of hydrogen-bond donors (Lipinski definition) is 1. The number of hydrogen-bond acceptors (Lipinski definition) is 4. The molecule has 7 nitrogen and oxygen atoms in total. The van der Waals surface area contributed by atoms with Gasteiger partial charge in [-0.15, -0.1) is 0 Å². The van der Waals surface area contributed by atoms with Gasteiger partial charge in [-0.1, -0.05) is 48.0 Å². The minimum atomic E-state index is -0.400. The summed E-state index contributed by atoms with van der Waals surface area (Å²) in [5.41, 5.74) is 4.77. The Hall–Kier alpha value is -3.71. The summed E-state index contributed by atoms with van der Waals surface area (Å²) in [7, 11) is 1.93. The maximum Gasteiger partial charge on any atom is 0.329 e. The highest BCUT2D eigenvalue weighted by atomic mass is 35.5. The van der Waals surface area contributed by atoms with E-state index in [2.05, 4.69) is 21.5 Å². The molecular weight excluding hydrogens is 474 g/mol. The van der Waals surface area contributed by atoms with Crippen molar-refractivity contribution in [2.24, 2.45) is 13.0 Å². The SMILES string of the molecule is Cc1c(-c2cccc(Cl)c2C2CCC3C(=O)N(c4cncc5ccccc45)C(=O)NC3C2)cnn1C. The van der Waals surface area contributed by atoms with Crippen molar-refractivity contribution < 1.29 is 9.59 Å². The number of halogens is 1. The van der Waals surface area contributed by atoms with E-state index in [1.54, 1.807) is 12.4 Å². The Morgan fingerprint density at radius 1 is 1.00 bits per heavy atom. The molecule has 36 heavy (non-hydrogen) atoms. The van der Waals surface area contributed by atoms with E-state index < -0.39 is 6.03 Å². The number of nitrogens with one attached hydrogen (secondary N) is 1. The Morgan fingerprint density at radius 2 is 1.83 bits per heavy atom. The molecule has 4 aromatic rings. The highest BCUT2D eigenvalue weighted by Crippen LogP contribution is 2.45. The van der Waals surface area contributed by atoms with Crippen LogP contribution in [-0.2, 0) is 11.8 Å². The van der Waals surface area contributed by atoms with Crippen molar-refractivity contribution in [2.75, 3.05) is 4.90 Å². The number of rotatable bonds is 3. The fourth-order valence-corrected chi connectivity index (χ4v) is 6.16. The number of carbonyl (C=O) groups excluding carboxylic acids is 2. The van der Waals surface area contributed by atoms with Crippen LogP contribution < -0.4 is 10.2 Å². The molecule has 1 aliphatic heterocycles. The predicted molar refractivity (Wildman–Crippen MR) is 140 cm³/mol. The summed E-state index contributed by atoms with van der Waals surface area (Å²) < 4.78 is 1.85. The van der Waals surface area contributed by atoms with Crippen LogP contribution in [0.5, 0.6) is 0 Å². The molecule has 6 rings (SSSR count). The molecule has 182 valence electrons. The van der Waals surface area contributed by atoms with Crippen LogP contribution >= 0.6 is 11.6 Å². The fraction of sp³-hybridized carbons (Fsp3) is 0.286. The number of anilines is 1. The lowest BCUT2D eigenvalue weighted by atomic mass is 9.72. The molecule has 2 fully saturated rings. The van der Waals surface area contributed by atoms with Crippen LogP contribution in [0.2, 0.25) is 5.02 Å². The second-order valence-electron chi connectivity index (χ2n) is 9.69. The lowest BCUT2D eigenvalue weighted by molar-refractivity contribution is -0.124. The fourth-order valence-electron chi connectivity index (χ4n) is 5.83. The number of urea groups is 1. The molecule has 3 unspecified atom stereocenters. The number of aryl methyl sites for hydroxylation is 1. The number of carbonyl (C=O) groups is 2. The molecule has 0 spiro atoms. The molecule has 2 aromatic heterocycles. The standard InChI is InChI=1S/C28H26ClN5O2/c1-16-22(14-31-33(16)2)20-8-5-9-23(29)26(20)17-10-11-21-24(12-17)32-28(36)34(27(21)35)25-15-30-13-18-6-3-4-7-19(18)25/h3-9,13-15,17,21,24H,10-12H2,1-2H3,(H,32,36). The van der Waals surface area contributed by atoms with Crippen molar-refractivity contribution in [1.82, 2.24) is 20.1 Å². The number of imide groups is 1. The van der Waals surface area contributed by atoms with Crippen LogP contribution in [0.4, 0.5) is 10.5 Å². The largest absolute Gasteiger partial charge is 0.334 e. The van der Waals surface area contributed by atoms with Crippen molar-refractivity contribution in [2.45, 2.75) is 38.1 Å². The van der Waals surface area contributed by atoms with Crippen LogP contribution in [0.15, 0.2) is 61.1 Å². The van der Waals surface area contributed by atoms with Crippen LogP contribution in [0, 0.1) is 12.8 Å². The monoisotopic (exact) mass is 499 g/mol. The summed E-state index contributed by atoms with van der Waals surface area (Å²) >= 11 is 6.77. The van der Waals surface area contributed by atoms with Gasteiger partial charge in [0.25, 0.3) is 0 Å². The maximum atomic E-state index is 13.7. The summed E-state index contributed by atoms with van der Waals surface area (Å²) in [6, 6.07) is 13.0. The molecule has 1 saturated carbocycles. The van der Waals surface area contributed by atoms with Gasteiger partial charge < -0.3 is 5.32 Å². The van der Waals surface area contributed by atoms with Gasteiger partial charge in [0.2, 0.25) is 5.91 Å². The molecule has 0 radical (unpaired) electrons. The van der Waals surface area contributed by atoms with Crippen LogP contribution in [-0.4, -0.2) is 32.7 Å². The first-order chi connectivity index (χ1) is 17.4. The van der Waals surface area contributed by atoms with E-state index in [4.69, 9.17) is 11.6 Å². The topological polar surface area (TPSA) is 80.1 Å². The van der Waals surface area contributed by atoms with E-state index in [-0.39, 0.29) is 23.8 Å². The van der Waals surface area contributed by atoms with Crippen molar-refractivity contribution in [3.05, 3.63) is 77.3 Å². The van der Waals surface area contributed by atoms with E-state index in [9.17, 15) is 9.59 Å². The van der Waals surface area contributed by atoms with Crippen molar-refractivity contribution in [3.63, 3.8) is 0 Å². The third-order valence-corrected chi connectivity index (χ3v) is 8.10. The smallest absolute Gasteiger partial charge is 0.329 e. The average Bonchev–Trinajstić information content (AvgIpc) is 3.21. The minimum Gasteiger partial charge on any atom is -0.334 e. The molecule has 1 saturated heterocycles. The van der Waals surface area contributed by atoms with Crippen LogP contribution in [0.25, 0.3) is 21.9 Å². The summed E-state index contributed by atoms with van der Waals surface area (Å²) in [4.78, 5) is 32.5. The lowest BCUT2D eigenvalue weighted by Crippen LogP contribution is -2.61. The van der Waals surface area contributed by atoms with Gasteiger partial charge in [0.1, 0.15) is 0 Å². The Bertz CT molecular complexity index is 1510. The second-order valence-corrected chi connectivity index (χ2v) is 10.1. The summed E-state index contributed by atoms with van der Waals surface area (Å²) in [5.74, 6) is -0.333. The minimum absolute atomic E-state index is 0.119. The van der Waals surface area contributed by atoms with E-state index in [1.165, 1.54) is 4.90 Å². The average molecular weight is 500 g/mol. The van der Waals surface area contributed by atoms with Gasteiger partial charge in [-0.25, -0.2) is 9.69 Å². The molecule has 2 aliphatic rings. The van der Waals surface area contributed by atoms with Gasteiger partial charge in [-0.2, -0.15) is 5.10 Å². The zero-order valence-corrected chi connectivity index (χ0v) is 20.9.